The normalized spacial score (nSPS) is 20.6. The number of hydrogen-bond acceptors (Lipinski definition) is 6. The maximum absolute atomic E-state index is 10.4. The van der Waals surface area contributed by atoms with Crippen molar-refractivity contribution in [2.45, 2.75) is 36.2 Å². The molecule has 2 heterocycles. The molecule has 174 valence electrons. The molecule has 0 spiro atoms. The van der Waals surface area contributed by atoms with Gasteiger partial charge in [-0.1, -0.05) is 24.3 Å². The molecule has 0 saturated carbocycles. The molecule has 0 aliphatic carbocycles. The van der Waals surface area contributed by atoms with Crippen LogP contribution in [0.4, 0.5) is 11.4 Å². The van der Waals surface area contributed by atoms with Crippen molar-refractivity contribution in [2.75, 3.05) is 11.5 Å². The zero-order valence-electron chi connectivity index (χ0n) is 18.9. The van der Waals surface area contributed by atoms with E-state index in [9.17, 15) is 10.2 Å². The Kier molecular flexibility index (Phi) is 7.26. The van der Waals surface area contributed by atoms with E-state index in [4.69, 9.17) is 0 Å². The maximum atomic E-state index is 10.4. The average molecular weight is 489 g/mol. The second kappa shape index (κ2) is 10.7. The Morgan fingerprint density at radius 2 is 1.15 bits per heavy atom. The van der Waals surface area contributed by atoms with E-state index in [2.05, 4.69) is 9.98 Å². The highest BCUT2D eigenvalue weighted by Gasteiger charge is 2.19. The number of aliphatic imine (C=N–C) groups is 2. The van der Waals surface area contributed by atoms with Gasteiger partial charge in [-0.05, 0) is 84.7 Å². The van der Waals surface area contributed by atoms with Gasteiger partial charge in [-0.2, -0.15) is 23.5 Å². The molecule has 2 N–H and O–H groups in total. The molecule has 6 heteroatoms. The van der Waals surface area contributed by atoms with Crippen molar-refractivity contribution in [3.63, 3.8) is 0 Å². The van der Waals surface area contributed by atoms with Gasteiger partial charge >= 0.3 is 0 Å². The van der Waals surface area contributed by atoms with Gasteiger partial charge in [-0.25, -0.2) is 0 Å². The molecule has 2 aliphatic heterocycles. The molecule has 2 unspecified atom stereocenters. The molecule has 0 bridgehead atoms. The number of thioether (sulfide) groups is 2. The first kappa shape index (κ1) is 23.1. The Morgan fingerprint density at radius 3 is 1.56 bits per heavy atom. The van der Waals surface area contributed by atoms with Gasteiger partial charge in [-0.15, -0.1) is 0 Å². The topological polar surface area (TPSA) is 65.2 Å². The van der Waals surface area contributed by atoms with Gasteiger partial charge in [0.1, 0.15) is 11.5 Å². The summed E-state index contributed by atoms with van der Waals surface area (Å²) in [7, 11) is 0. The van der Waals surface area contributed by atoms with Crippen LogP contribution in [0.5, 0.6) is 11.5 Å². The van der Waals surface area contributed by atoms with E-state index in [0.717, 1.165) is 0 Å². The van der Waals surface area contributed by atoms with Gasteiger partial charge in [0.15, 0.2) is 0 Å². The SMILES string of the molecule is Oc1ccc(C2CCCS2)cc1C=Nc1ccccc1N=Cc1cc(C2CCCS2)ccc1O. The highest BCUT2D eigenvalue weighted by atomic mass is 32.2. The quantitative estimate of drug-likeness (QED) is 0.348. The van der Waals surface area contributed by atoms with Crippen LogP contribution in [0, 0.1) is 0 Å². The van der Waals surface area contributed by atoms with Crippen LogP contribution in [0.15, 0.2) is 70.6 Å². The first-order valence-corrected chi connectivity index (χ1v) is 13.8. The summed E-state index contributed by atoms with van der Waals surface area (Å²) in [5, 5.41) is 21.7. The summed E-state index contributed by atoms with van der Waals surface area (Å²) in [6.45, 7) is 0. The molecule has 2 aliphatic rings. The zero-order valence-corrected chi connectivity index (χ0v) is 20.6. The van der Waals surface area contributed by atoms with Crippen molar-refractivity contribution in [2.24, 2.45) is 9.98 Å². The molecule has 34 heavy (non-hydrogen) atoms. The van der Waals surface area contributed by atoms with Crippen LogP contribution in [-0.4, -0.2) is 34.1 Å². The molecule has 4 nitrogen and oxygen atoms in total. The van der Waals surface area contributed by atoms with E-state index in [1.165, 1.54) is 48.3 Å². The molecule has 3 aromatic carbocycles. The van der Waals surface area contributed by atoms with Crippen LogP contribution in [0.3, 0.4) is 0 Å². The number of phenols is 2. The molecular weight excluding hydrogens is 460 g/mol. The number of para-hydroxylation sites is 2. The summed E-state index contributed by atoms with van der Waals surface area (Å²) < 4.78 is 0. The standard InChI is InChI=1S/C28H28N2O2S2/c31-25-11-9-19(27-7-3-13-33-27)15-21(25)17-29-23-5-1-2-6-24(23)30-18-22-16-20(10-12-26(22)32)28-8-4-14-34-28/h1-2,5-6,9-12,15-18,27-28,31-32H,3-4,7-8,13-14H2. The number of hydrogen-bond donors (Lipinski definition) is 2. The van der Waals surface area contributed by atoms with Crippen LogP contribution in [0.2, 0.25) is 0 Å². The highest BCUT2D eigenvalue weighted by molar-refractivity contribution is 8.00. The average Bonchev–Trinajstić information content (AvgIpc) is 3.58. The smallest absolute Gasteiger partial charge is 0.124 e. The molecule has 2 saturated heterocycles. The third kappa shape index (κ3) is 5.34. The Balaban J connectivity index is 1.38. The van der Waals surface area contributed by atoms with E-state index in [1.807, 2.05) is 72.1 Å². The van der Waals surface area contributed by atoms with Crippen molar-refractivity contribution in [3.05, 3.63) is 82.9 Å². The minimum absolute atomic E-state index is 0.225. The highest BCUT2D eigenvalue weighted by Crippen LogP contribution is 2.42. The Hall–Kier alpha value is -2.70. The number of aromatic hydroxyl groups is 2. The number of benzene rings is 3. The molecule has 0 amide bonds. The van der Waals surface area contributed by atoms with Gasteiger partial charge < -0.3 is 10.2 Å². The van der Waals surface area contributed by atoms with Crippen molar-refractivity contribution >= 4 is 47.3 Å². The second-order valence-corrected chi connectivity index (χ2v) is 11.3. The van der Waals surface area contributed by atoms with E-state index in [0.29, 0.717) is 33.0 Å². The Morgan fingerprint density at radius 1 is 0.676 bits per heavy atom. The largest absolute Gasteiger partial charge is 0.507 e. The van der Waals surface area contributed by atoms with E-state index in [-0.39, 0.29) is 11.5 Å². The minimum Gasteiger partial charge on any atom is -0.507 e. The Bertz CT molecular complexity index is 1120. The molecular formula is C28H28N2O2S2. The summed E-state index contributed by atoms with van der Waals surface area (Å²) in [6, 6.07) is 19.3. The lowest BCUT2D eigenvalue weighted by atomic mass is 10.0. The predicted molar refractivity (Wildman–Crippen MR) is 146 cm³/mol. The summed E-state index contributed by atoms with van der Waals surface area (Å²) in [5.41, 5.74) is 5.32. The van der Waals surface area contributed by atoms with Gasteiger partial charge in [0, 0.05) is 34.1 Å². The second-order valence-electron chi connectivity index (χ2n) is 8.64. The van der Waals surface area contributed by atoms with E-state index < -0.39 is 0 Å². The molecule has 0 radical (unpaired) electrons. The van der Waals surface area contributed by atoms with Crippen LogP contribution in [0.25, 0.3) is 0 Å². The molecule has 3 aromatic rings. The van der Waals surface area contributed by atoms with Gasteiger partial charge in [0.2, 0.25) is 0 Å². The molecule has 0 aromatic heterocycles. The summed E-state index contributed by atoms with van der Waals surface area (Å²) >= 11 is 3.95. The molecule has 2 fully saturated rings. The third-order valence-electron chi connectivity index (χ3n) is 6.27. The predicted octanol–water partition coefficient (Wildman–Crippen LogP) is 7.74. The Labute approximate surface area is 209 Å². The molecule has 5 rings (SSSR count). The molecule has 2 atom stereocenters. The summed E-state index contributed by atoms with van der Waals surface area (Å²) in [5.74, 6) is 2.84. The van der Waals surface area contributed by atoms with Gasteiger partial charge in [0.25, 0.3) is 0 Å². The van der Waals surface area contributed by atoms with Crippen LogP contribution >= 0.6 is 23.5 Å². The zero-order chi connectivity index (χ0) is 23.3. The van der Waals surface area contributed by atoms with Gasteiger partial charge in [-0.3, -0.25) is 9.98 Å². The monoisotopic (exact) mass is 488 g/mol. The lowest BCUT2D eigenvalue weighted by Gasteiger charge is -2.11. The van der Waals surface area contributed by atoms with Crippen molar-refractivity contribution in [1.82, 2.24) is 0 Å². The van der Waals surface area contributed by atoms with Crippen molar-refractivity contribution in [3.8, 4) is 11.5 Å². The number of phenolic OH excluding ortho intramolecular Hbond substituents is 2. The lowest BCUT2D eigenvalue weighted by Crippen LogP contribution is -1.92. The maximum Gasteiger partial charge on any atom is 0.124 e. The van der Waals surface area contributed by atoms with Crippen LogP contribution in [-0.2, 0) is 0 Å². The van der Waals surface area contributed by atoms with Gasteiger partial charge in [0.05, 0.1) is 11.4 Å². The van der Waals surface area contributed by atoms with E-state index >= 15 is 0 Å². The number of nitrogens with zero attached hydrogens (tertiary/aromatic N) is 2. The summed E-state index contributed by atoms with van der Waals surface area (Å²) in [4.78, 5) is 9.30. The first-order chi connectivity index (χ1) is 16.7. The lowest BCUT2D eigenvalue weighted by molar-refractivity contribution is 0.473. The number of rotatable bonds is 6. The third-order valence-corrected chi connectivity index (χ3v) is 9.14. The van der Waals surface area contributed by atoms with Crippen molar-refractivity contribution < 1.29 is 10.2 Å². The fourth-order valence-electron chi connectivity index (χ4n) is 4.40. The first-order valence-electron chi connectivity index (χ1n) is 11.7. The summed E-state index contributed by atoms with van der Waals surface area (Å²) in [6.07, 6.45) is 8.25. The fourth-order valence-corrected chi connectivity index (χ4v) is 6.98. The van der Waals surface area contributed by atoms with Crippen LogP contribution in [0.1, 0.15) is 58.4 Å². The van der Waals surface area contributed by atoms with Crippen molar-refractivity contribution in [1.29, 1.82) is 0 Å². The fraction of sp³-hybridized carbons (Fsp3) is 0.286. The van der Waals surface area contributed by atoms with E-state index in [1.54, 1.807) is 24.6 Å². The van der Waals surface area contributed by atoms with Crippen LogP contribution < -0.4 is 0 Å². The minimum atomic E-state index is 0.225.